The van der Waals surface area contributed by atoms with Gasteiger partial charge in [-0.25, -0.2) is 0 Å². The minimum Gasteiger partial charge on any atom is -0.497 e. The molecule has 0 spiro atoms. The third-order valence-electron chi connectivity index (χ3n) is 3.23. The minimum absolute atomic E-state index is 0.104. The number of amides is 1. The highest BCUT2D eigenvalue weighted by Gasteiger charge is 2.18. The quantitative estimate of drug-likeness (QED) is 0.833. The molecule has 2 aromatic rings. The van der Waals surface area contributed by atoms with Crippen LogP contribution < -0.4 is 10.1 Å². The van der Waals surface area contributed by atoms with Crippen LogP contribution in [0.3, 0.4) is 0 Å². The van der Waals surface area contributed by atoms with Crippen LogP contribution in [0.4, 0.5) is 5.69 Å². The molecular formula is C18H19NO4. The molecule has 0 fully saturated rings. The molecule has 0 saturated carbocycles. The summed E-state index contributed by atoms with van der Waals surface area (Å²) in [5.41, 5.74) is 1.46. The summed E-state index contributed by atoms with van der Waals surface area (Å²) in [6.45, 7) is 1.55. The molecule has 120 valence electrons. The zero-order chi connectivity index (χ0) is 16.7. The van der Waals surface area contributed by atoms with Crippen molar-refractivity contribution in [3.8, 4) is 5.75 Å². The van der Waals surface area contributed by atoms with Gasteiger partial charge in [0.25, 0.3) is 5.91 Å². The molecule has 0 bridgehead atoms. The maximum absolute atomic E-state index is 12.0. The Morgan fingerprint density at radius 1 is 1.04 bits per heavy atom. The molecular weight excluding hydrogens is 294 g/mol. The fourth-order valence-electron chi connectivity index (χ4n) is 1.97. The summed E-state index contributed by atoms with van der Waals surface area (Å²) in [6.07, 6.45) is -0.756. The van der Waals surface area contributed by atoms with Crippen LogP contribution in [0.15, 0.2) is 54.6 Å². The van der Waals surface area contributed by atoms with Gasteiger partial charge in [-0.3, -0.25) is 9.59 Å². The number of carbonyl (C=O) groups excluding carboxylic acids is 2. The third kappa shape index (κ3) is 5.14. The summed E-state index contributed by atoms with van der Waals surface area (Å²) in [7, 11) is 1.58. The molecule has 5 heteroatoms. The molecule has 0 aliphatic rings. The molecule has 0 aromatic heterocycles. The standard InChI is InChI=1S/C18H19NO4/c1-13(18(21)19-15-6-4-3-5-7-15)23-17(20)12-14-8-10-16(22-2)11-9-14/h3-11,13H,12H2,1-2H3,(H,19,21)/t13-/m1/s1. The Balaban J connectivity index is 1.84. The van der Waals surface area contributed by atoms with Gasteiger partial charge in [0.1, 0.15) is 5.75 Å². The Bertz CT molecular complexity index is 652. The van der Waals surface area contributed by atoms with Gasteiger partial charge in [-0.2, -0.15) is 0 Å². The van der Waals surface area contributed by atoms with Crippen LogP contribution in [0.1, 0.15) is 12.5 Å². The Morgan fingerprint density at radius 2 is 1.70 bits per heavy atom. The van der Waals surface area contributed by atoms with Gasteiger partial charge in [0.15, 0.2) is 6.10 Å². The molecule has 2 rings (SSSR count). The van der Waals surface area contributed by atoms with Crippen LogP contribution in [-0.2, 0) is 20.7 Å². The van der Waals surface area contributed by atoms with Gasteiger partial charge in [-0.05, 0) is 36.8 Å². The van der Waals surface area contributed by atoms with Crippen molar-refractivity contribution in [2.45, 2.75) is 19.4 Å². The first-order valence-corrected chi connectivity index (χ1v) is 7.27. The zero-order valence-corrected chi connectivity index (χ0v) is 13.1. The lowest BCUT2D eigenvalue weighted by atomic mass is 10.1. The van der Waals surface area contributed by atoms with Crippen molar-refractivity contribution in [3.63, 3.8) is 0 Å². The Hall–Kier alpha value is -2.82. The van der Waals surface area contributed by atoms with Gasteiger partial charge >= 0.3 is 5.97 Å². The number of esters is 1. The van der Waals surface area contributed by atoms with Crippen LogP contribution in [0.5, 0.6) is 5.75 Å². The first kappa shape index (κ1) is 16.5. The first-order valence-electron chi connectivity index (χ1n) is 7.27. The van der Waals surface area contributed by atoms with Crippen LogP contribution in [-0.4, -0.2) is 25.1 Å². The highest BCUT2D eigenvalue weighted by Crippen LogP contribution is 2.12. The number of hydrogen-bond donors (Lipinski definition) is 1. The van der Waals surface area contributed by atoms with Crippen LogP contribution >= 0.6 is 0 Å². The summed E-state index contributed by atoms with van der Waals surface area (Å²) in [6, 6.07) is 16.1. The van der Waals surface area contributed by atoms with Gasteiger partial charge in [-0.15, -0.1) is 0 Å². The van der Waals surface area contributed by atoms with E-state index in [4.69, 9.17) is 9.47 Å². The van der Waals surface area contributed by atoms with Gasteiger partial charge in [-0.1, -0.05) is 30.3 Å². The maximum atomic E-state index is 12.0. The van der Waals surface area contributed by atoms with Crippen molar-refractivity contribution in [1.29, 1.82) is 0 Å². The van der Waals surface area contributed by atoms with E-state index in [-0.39, 0.29) is 12.3 Å². The van der Waals surface area contributed by atoms with E-state index in [0.717, 1.165) is 11.3 Å². The molecule has 1 amide bonds. The molecule has 0 unspecified atom stereocenters. The molecule has 0 radical (unpaired) electrons. The smallest absolute Gasteiger partial charge is 0.311 e. The predicted molar refractivity (Wildman–Crippen MR) is 87.3 cm³/mol. The maximum Gasteiger partial charge on any atom is 0.311 e. The third-order valence-corrected chi connectivity index (χ3v) is 3.23. The molecule has 0 heterocycles. The van der Waals surface area contributed by atoms with E-state index in [1.54, 1.807) is 50.4 Å². The molecule has 5 nitrogen and oxygen atoms in total. The van der Waals surface area contributed by atoms with E-state index >= 15 is 0 Å². The second-order valence-electron chi connectivity index (χ2n) is 5.01. The van der Waals surface area contributed by atoms with E-state index in [1.165, 1.54) is 0 Å². The number of ether oxygens (including phenoxy) is 2. The molecule has 1 atom stereocenters. The predicted octanol–water partition coefficient (Wildman–Crippen LogP) is 2.81. The summed E-state index contributed by atoms with van der Waals surface area (Å²) < 4.78 is 10.2. The Labute approximate surface area is 135 Å². The Morgan fingerprint density at radius 3 is 2.30 bits per heavy atom. The summed E-state index contributed by atoms with van der Waals surface area (Å²) in [5, 5.41) is 2.69. The first-order chi connectivity index (χ1) is 11.1. The number of rotatable bonds is 6. The Kier molecular flexibility index (Phi) is 5.74. The number of nitrogens with one attached hydrogen (secondary N) is 1. The lowest BCUT2D eigenvalue weighted by molar-refractivity contribution is -0.152. The second kappa shape index (κ2) is 7.98. The number of carbonyl (C=O) groups is 2. The molecule has 1 N–H and O–H groups in total. The van der Waals surface area contributed by atoms with E-state index in [9.17, 15) is 9.59 Å². The van der Waals surface area contributed by atoms with E-state index in [0.29, 0.717) is 5.69 Å². The van der Waals surface area contributed by atoms with E-state index in [1.807, 2.05) is 18.2 Å². The number of methoxy groups -OCH3 is 1. The second-order valence-corrected chi connectivity index (χ2v) is 5.01. The summed E-state index contributed by atoms with van der Waals surface area (Å²) in [5.74, 6) is -0.0946. The number of anilines is 1. The number of hydrogen-bond acceptors (Lipinski definition) is 4. The molecule has 2 aromatic carbocycles. The summed E-state index contributed by atoms with van der Waals surface area (Å²) >= 11 is 0. The minimum atomic E-state index is -0.860. The fourth-order valence-corrected chi connectivity index (χ4v) is 1.97. The van der Waals surface area contributed by atoms with Gasteiger partial charge in [0.05, 0.1) is 13.5 Å². The number of para-hydroxylation sites is 1. The lowest BCUT2D eigenvalue weighted by Crippen LogP contribution is -2.30. The lowest BCUT2D eigenvalue weighted by Gasteiger charge is -2.13. The molecule has 23 heavy (non-hydrogen) atoms. The van der Waals surface area contributed by atoms with Crippen molar-refractivity contribution in [2.75, 3.05) is 12.4 Å². The molecule has 0 aliphatic heterocycles. The van der Waals surface area contributed by atoms with Crippen LogP contribution in [0.2, 0.25) is 0 Å². The van der Waals surface area contributed by atoms with Crippen LogP contribution in [0.25, 0.3) is 0 Å². The van der Waals surface area contributed by atoms with Crippen molar-refractivity contribution < 1.29 is 19.1 Å². The normalized spacial score (nSPS) is 11.4. The SMILES string of the molecule is COc1ccc(CC(=O)O[C@H](C)C(=O)Nc2ccccc2)cc1. The van der Waals surface area contributed by atoms with E-state index in [2.05, 4.69) is 5.32 Å². The fraction of sp³-hybridized carbons (Fsp3) is 0.222. The molecule has 0 saturated heterocycles. The van der Waals surface area contributed by atoms with Gasteiger partial charge in [0, 0.05) is 5.69 Å². The molecule has 0 aliphatic carbocycles. The van der Waals surface area contributed by atoms with Crippen molar-refractivity contribution in [3.05, 3.63) is 60.2 Å². The average molecular weight is 313 g/mol. The van der Waals surface area contributed by atoms with Crippen LogP contribution in [0, 0.1) is 0 Å². The van der Waals surface area contributed by atoms with E-state index < -0.39 is 12.1 Å². The highest BCUT2D eigenvalue weighted by molar-refractivity contribution is 5.95. The van der Waals surface area contributed by atoms with Crippen molar-refractivity contribution in [2.24, 2.45) is 0 Å². The van der Waals surface area contributed by atoms with Crippen molar-refractivity contribution >= 4 is 17.6 Å². The summed E-state index contributed by atoms with van der Waals surface area (Å²) in [4.78, 5) is 23.9. The van der Waals surface area contributed by atoms with Gasteiger partial charge < -0.3 is 14.8 Å². The van der Waals surface area contributed by atoms with Crippen molar-refractivity contribution in [1.82, 2.24) is 0 Å². The largest absolute Gasteiger partial charge is 0.497 e. The average Bonchev–Trinajstić information content (AvgIpc) is 2.56. The zero-order valence-electron chi connectivity index (χ0n) is 13.1. The topological polar surface area (TPSA) is 64.6 Å². The monoisotopic (exact) mass is 313 g/mol. The van der Waals surface area contributed by atoms with Gasteiger partial charge in [0.2, 0.25) is 0 Å². The number of benzene rings is 2. The highest BCUT2D eigenvalue weighted by atomic mass is 16.5.